The average molecular weight is 439 g/mol. The number of nitrogens with zero attached hydrogens (tertiary/aromatic N) is 3. The topological polar surface area (TPSA) is 78.2 Å². The van der Waals surface area contributed by atoms with Gasteiger partial charge in [0.25, 0.3) is 5.56 Å². The van der Waals surface area contributed by atoms with E-state index < -0.39 is 0 Å². The van der Waals surface area contributed by atoms with Crippen molar-refractivity contribution in [1.82, 2.24) is 19.7 Å². The van der Waals surface area contributed by atoms with Crippen molar-refractivity contribution >= 4 is 39.3 Å². The molecule has 1 N–H and O–H groups in total. The highest BCUT2D eigenvalue weighted by molar-refractivity contribution is 6.30. The molecule has 0 atom stereocenters. The summed E-state index contributed by atoms with van der Waals surface area (Å²) in [6, 6.07) is 15.4. The van der Waals surface area contributed by atoms with Gasteiger partial charge in [0.2, 0.25) is 5.91 Å². The molecule has 0 saturated heterocycles. The van der Waals surface area contributed by atoms with Crippen LogP contribution in [0, 0.1) is 0 Å². The van der Waals surface area contributed by atoms with Crippen molar-refractivity contribution in [3.63, 3.8) is 0 Å². The largest absolute Gasteiger partial charge is 0.385 e. The molecule has 31 heavy (non-hydrogen) atoms. The minimum absolute atomic E-state index is 0.135. The second-order valence-electron chi connectivity index (χ2n) is 7.30. The van der Waals surface area contributed by atoms with Crippen LogP contribution in [-0.2, 0) is 22.6 Å². The molecule has 8 heteroatoms. The van der Waals surface area contributed by atoms with Crippen LogP contribution in [0.25, 0.3) is 21.8 Å². The summed E-state index contributed by atoms with van der Waals surface area (Å²) >= 11 is 6.02. The van der Waals surface area contributed by atoms with Crippen LogP contribution in [0.2, 0.25) is 5.02 Å². The zero-order valence-electron chi connectivity index (χ0n) is 17.2. The van der Waals surface area contributed by atoms with Crippen molar-refractivity contribution in [2.45, 2.75) is 19.5 Å². The number of aromatic nitrogens is 3. The van der Waals surface area contributed by atoms with Gasteiger partial charge < -0.3 is 14.6 Å². The molecule has 4 aromatic rings. The molecular weight excluding hydrogens is 416 g/mol. The Bertz CT molecular complexity index is 1280. The van der Waals surface area contributed by atoms with Crippen LogP contribution < -0.4 is 10.9 Å². The number of methoxy groups -OCH3 is 1. The first-order valence-electron chi connectivity index (χ1n) is 10.1. The summed E-state index contributed by atoms with van der Waals surface area (Å²) in [4.78, 5) is 25.6. The van der Waals surface area contributed by atoms with E-state index in [1.807, 2.05) is 53.1 Å². The number of carbonyl (C=O) groups is 1. The van der Waals surface area contributed by atoms with Crippen LogP contribution in [0.4, 0.5) is 0 Å². The molecule has 0 saturated carbocycles. The molecule has 0 aliphatic heterocycles. The maximum Gasteiger partial charge on any atom is 0.291 e. The Hall–Kier alpha value is -3.16. The number of hydrogen-bond donors (Lipinski definition) is 1. The van der Waals surface area contributed by atoms with Crippen LogP contribution in [0.15, 0.2) is 59.5 Å². The number of fused-ring (bicyclic) bond motifs is 3. The first-order valence-corrected chi connectivity index (χ1v) is 10.4. The van der Waals surface area contributed by atoms with Crippen LogP contribution >= 0.6 is 11.6 Å². The van der Waals surface area contributed by atoms with Crippen molar-refractivity contribution in [2.75, 3.05) is 20.3 Å². The van der Waals surface area contributed by atoms with Crippen molar-refractivity contribution in [3.8, 4) is 0 Å². The molecule has 0 fully saturated rings. The molecule has 2 aromatic heterocycles. The Kier molecular flexibility index (Phi) is 6.34. The number of nitrogens with one attached hydrogen (secondary N) is 1. The number of benzene rings is 2. The quantitative estimate of drug-likeness (QED) is 0.428. The Balaban J connectivity index is 1.72. The second-order valence-corrected chi connectivity index (χ2v) is 7.73. The average Bonchev–Trinajstić information content (AvgIpc) is 3.09. The Morgan fingerprint density at radius 2 is 1.90 bits per heavy atom. The van der Waals surface area contributed by atoms with E-state index in [4.69, 9.17) is 16.3 Å². The molecule has 0 spiro atoms. The molecular formula is C23H23ClN4O3. The third-order valence-corrected chi connectivity index (χ3v) is 5.42. The van der Waals surface area contributed by atoms with Crippen molar-refractivity contribution < 1.29 is 9.53 Å². The summed E-state index contributed by atoms with van der Waals surface area (Å²) in [7, 11) is 1.61. The Labute approximate surface area is 184 Å². The van der Waals surface area contributed by atoms with Gasteiger partial charge in [-0.2, -0.15) is 5.10 Å². The molecule has 2 heterocycles. The number of ether oxygens (including phenoxy) is 1. The predicted molar refractivity (Wildman–Crippen MR) is 122 cm³/mol. The lowest BCUT2D eigenvalue weighted by Gasteiger charge is -2.09. The second kappa shape index (κ2) is 9.32. The normalized spacial score (nSPS) is 11.3. The number of amides is 1. The minimum atomic E-state index is -0.297. The molecule has 0 aliphatic rings. The first-order chi connectivity index (χ1) is 15.1. The summed E-state index contributed by atoms with van der Waals surface area (Å²) < 4.78 is 8.17. The van der Waals surface area contributed by atoms with E-state index in [1.165, 1.54) is 4.68 Å². The van der Waals surface area contributed by atoms with Gasteiger partial charge in [-0.1, -0.05) is 41.9 Å². The lowest BCUT2D eigenvalue weighted by Crippen LogP contribution is -2.34. The molecule has 0 aliphatic carbocycles. The Morgan fingerprint density at radius 3 is 2.68 bits per heavy atom. The van der Waals surface area contributed by atoms with Gasteiger partial charge in [0.1, 0.15) is 12.1 Å². The molecule has 7 nitrogen and oxygen atoms in total. The molecule has 1 amide bonds. The smallest absolute Gasteiger partial charge is 0.291 e. The van der Waals surface area contributed by atoms with E-state index >= 15 is 0 Å². The van der Waals surface area contributed by atoms with Gasteiger partial charge >= 0.3 is 0 Å². The fourth-order valence-corrected chi connectivity index (χ4v) is 3.81. The number of hydrogen-bond acceptors (Lipinski definition) is 4. The highest BCUT2D eigenvalue weighted by Gasteiger charge is 2.17. The minimum Gasteiger partial charge on any atom is -0.385 e. The number of para-hydroxylation sites is 1. The van der Waals surface area contributed by atoms with E-state index in [0.29, 0.717) is 36.7 Å². The fraction of sp³-hybridized carbons (Fsp3) is 0.261. The van der Waals surface area contributed by atoms with Gasteiger partial charge in [-0.05, 0) is 30.2 Å². The van der Waals surface area contributed by atoms with Gasteiger partial charge in [0, 0.05) is 48.1 Å². The molecule has 0 bridgehead atoms. The Morgan fingerprint density at radius 1 is 1.13 bits per heavy atom. The molecule has 0 radical (unpaired) electrons. The van der Waals surface area contributed by atoms with Crippen molar-refractivity contribution in [1.29, 1.82) is 0 Å². The van der Waals surface area contributed by atoms with E-state index in [0.717, 1.165) is 21.9 Å². The third-order valence-electron chi connectivity index (χ3n) is 5.17. The maximum absolute atomic E-state index is 13.3. The van der Waals surface area contributed by atoms with E-state index in [1.54, 1.807) is 13.3 Å². The van der Waals surface area contributed by atoms with Gasteiger partial charge in [0.05, 0.1) is 6.20 Å². The standard InChI is InChI=1S/C23H23ClN4O3/c1-31-12-4-11-25-21(29)15-28-23(30)22-19(13-26-28)18-5-2-3-6-20(18)27(22)14-16-7-9-17(24)10-8-16/h2-3,5-10,13H,4,11-12,14-15H2,1H3,(H,25,29). The van der Waals surface area contributed by atoms with Gasteiger partial charge in [-0.25, -0.2) is 4.68 Å². The number of carbonyl (C=O) groups excluding carboxylic acids is 1. The van der Waals surface area contributed by atoms with Crippen LogP contribution in [0.1, 0.15) is 12.0 Å². The predicted octanol–water partition coefficient (Wildman–Crippen LogP) is 3.21. The lowest BCUT2D eigenvalue weighted by atomic mass is 10.2. The third kappa shape index (κ3) is 4.47. The van der Waals surface area contributed by atoms with E-state index in [2.05, 4.69) is 10.4 Å². The lowest BCUT2D eigenvalue weighted by molar-refractivity contribution is -0.121. The number of halogens is 1. The van der Waals surface area contributed by atoms with Gasteiger partial charge in [-0.3, -0.25) is 9.59 Å². The fourth-order valence-electron chi connectivity index (χ4n) is 3.68. The highest BCUT2D eigenvalue weighted by Crippen LogP contribution is 2.27. The molecule has 2 aromatic carbocycles. The van der Waals surface area contributed by atoms with Crippen LogP contribution in [-0.4, -0.2) is 40.5 Å². The van der Waals surface area contributed by atoms with Gasteiger partial charge in [0.15, 0.2) is 0 Å². The van der Waals surface area contributed by atoms with E-state index in [9.17, 15) is 9.59 Å². The van der Waals surface area contributed by atoms with E-state index in [-0.39, 0.29) is 18.0 Å². The number of rotatable bonds is 8. The SMILES string of the molecule is COCCCNC(=O)Cn1ncc2c3ccccc3n(Cc3ccc(Cl)cc3)c2c1=O. The molecule has 4 rings (SSSR count). The summed E-state index contributed by atoms with van der Waals surface area (Å²) in [5, 5.41) is 9.43. The summed E-state index contributed by atoms with van der Waals surface area (Å²) in [5.74, 6) is -0.259. The highest BCUT2D eigenvalue weighted by atomic mass is 35.5. The van der Waals surface area contributed by atoms with Gasteiger partial charge in [-0.15, -0.1) is 0 Å². The summed E-state index contributed by atoms with van der Waals surface area (Å²) in [6.07, 6.45) is 2.37. The van der Waals surface area contributed by atoms with Crippen molar-refractivity contribution in [3.05, 3.63) is 75.7 Å². The molecule has 160 valence electrons. The molecule has 0 unspecified atom stereocenters. The van der Waals surface area contributed by atoms with Crippen LogP contribution in [0.5, 0.6) is 0 Å². The summed E-state index contributed by atoms with van der Waals surface area (Å²) in [5.41, 5.74) is 2.19. The van der Waals surface area contributed by atoms with Crippen molar-refractivity contribution in [2.24, 2.45) is 0 Å². The zero-order chi connectivity index (χ0) is 21.8. The summed E-state index contributed by atoms with van der Waals surface area (Å²) in [6.45, 7) is 1.42. The van der Waals surface area contributed by atoms with Crippen LogP contribution in [0.3, 0.4) is 0 Å². The first kappa shape index (κ1) is 21.1. The monoisotopic (exact) mass is 438 g/mol. The maximum atomic E-state index is 13.3. The zero-order valence-corrected chi connectivity index (χ0v) is 17.9.